The Bertz CT molecular complexity index is 1470. The van der Waals surface area contributed by atoms with Crippen molar-refractivity contribution in [1.82, 2.24) is 4.98 Å². The van der Waals surface area contributed by atoms with Gasteiger partial charge in [0.25, 0.3) is 0 Å². The van der Waals surface area contributed by atoms with E-state index in [2.05, 4.69) is 4.98 Å². The number of nitrogens with one attached hydrogen (secondary N) is 1. The second-order valence-corrected chi connectivity index (χ2v) is 12.1. The Labute approximate surface area is 211 Å². The Balaban J connectivity index is 1.30. The number of H-pyrrole nitrogens is 1. The van der Waals surface area contributed by atoms with Crippen LogP contribution in [-0.4, -0.2) is 22.0 Å². The number of anilines is 1. The first-order chi connectivity index (χ1) is 17.2. The van der Waals surface area contributed by atoms with Gasteiger partial charge in [0.15, 0.2) is 0 Å². The Morgan fingerprint density at radius 1 is 0.917 bits per heavy atom. The van der Waals surface area contributed by atoms with Gasteiger partial charge in [0.2, 0.25) is 11.8 Å². The number of aromatic nitrogens is 1. The minimum atomic E-state index is -4.57. The molecule has 2 aromatic carbocycles. The van der Waals surface area contributed by atoms with Crippen molar-refractivity contribution in [1.29, 1.82) is 0 Å². The number of hydrogen-bond acceptors (Lipinski definition) is 5. The molecule has 2 amide bonds. The zero-order valence-electron chi connectivity index (χ0n) is 18.6. The number of carbonyl (C=O) groups is 2. The molecular weight excluding hydrogens is 509 g/mol. The lowest BCUT2D eigenvalue weighted by Crippen LogP contribution is -2.42. The maximum absolute atomic E-state index is 13.7. The first kappa shape index (κ1) is 22.4. The van der Waals surface area contributed by atoms with Crippen LogP contribution < -0.4 is 9.77 Å². The third-order valence-electron chi connectivity index (χ3n) is 8.31. The highest BCUT2D eigenvalue weighted by atomic mass is 32.2. The van der Waals surface area contributed by atoms with Crippen LogP contribution in [-0.2, 0) is 15.8 Å². The fraction of sp³-hybridized carbons (Fsp3) is 0.346. The summed E-state index contributed by atoms with van der Waals surface area (Å²) < 4.78 is 40.0. The monoisotopic (exact) mass is 528 g/mol. The second kappa shape index (κ2) is 7.58. The van der Waals surface area contributed by atoms with Crippen LogP contribution in [0.4, 0.5) is 18.9 Å². The van der Waals surface area contributed by atoms with Gasteiger partial charge in [-0.3, -0.25) is 19.3 Å². The molecule has 3 heterocycles. The molecule has 10 heteroatoms. The molecule has 1 aromatic heterocycles. The number of alkyl halides is 3. The summed E-state index contributed by atoms with van der Waals surface area (Å²) in [6.07, 6.45) is -3.84. The number of thiazole rings is 1. The summed E-state index contributed by atoms with van der Waals surface area (Å²) in [4.78, 5) is 44.3. The number of hydrogen-bond donors (Lipinski definition) is 1. The molecule has 6 unspecified atom stereocenters. The minimum Gasteiger partial charge on any atom is -0.307 e. The molecule has 0 spiro atoms. The summed E-state index contributed by atoms with van der Waals surface area (Å²) in [5, 5.41) is 0.869. The third kappa shape index (κ3) is 3.00. The van der Waals surface area contributed by atoms with Crippen LogP contribution in [0.1, 0.15) is 28.3 Å². The maximum atomic E-state index is 13.7. The van der Waals surface area contributed by atoms with E-state index in [1.165, 1.54) is 23.5 Å². The van der Waals surface area contributed by atoms with Crippen molar-refractivity contribution < 1.29 is 22.8 Å². The molecule has 3 aromatic rings. The van der Waals surface area contributed by atoms with Gasteiger partial charge in [0.05, 0.1) is 28.1 Å². The second-order valence-electron chi connectivity index (χ2n) is 9.93. The van der Waals surface area contributed by atoms with Gasteiger partial charge >= 0.3 is 11.0 Å². The van der Waals surface area contributed by atoms with Crippen LogP contribution >= 0.6 is 23.1 Å². The lowest BCUT2D eigenvalue weighted by atomic mass is 9.68. The van der Waals surface area contributed by atoms with E-state index in [1.807, 2.05) is 30.3 Å². The molecule has 4 aliphatic rings. The first-order valence-electron chi connectivity index (χ1n) is 11.7. The number of imide groups is 1. The zero-order valence-corrected chi connectivity index (χ0v) is 20.2. The van der Waals surface area contributed by atoms with Gasteiger partial charge < -0.3 is 4.98 Å². The third-order valence-corrected chi connectivity index (χ3v) is 10.9. The van der Waals surface area contributed by atoms with E-state index in [0.29, 0.717) is 0 Å². The van der Waals surface area contributed by atoms with Gasteiger partial charge in [-0.15, -0.1) is 11.8 Å². The topological polar surface area (TPSA) is 70.2 Å². The normalized spacial score (nSPS) is 32.5. The molecular formula is C26H19F3N2O3S2. The van der Waals surface area contributed by atoms with Crippen LogP contribution in [0.5, 0.6) is 0 Å². The van der Waals surface area contributed by atoms with E-state index in [9.17, 15) is 27.6 Å². The quantitative estimate of drug-likeness (QED) is 0.468. The van der Waals surface area contributed by atoms with E-state index in [-0.39, 0.29) is 39.5 Å². The van der Waals surface area contributed by atoms with E-state index in [1.54, 1.807) is 11.8 Å². The molecule has 2 aliphatic heterocycles. The summed E-state index contributed by atoms with van der Waals surface area (Å²) in [5.41, 5.74) is 0.162. The number of aromatic amines is 1. The summed E-state index contributed by atoms with van der Waals surface area (Å²) in [6, 6.07) is 14.4. The van der Waals surface area contributed by atoms with E-state index >= 15 is 0 Å². The maximum Gasteiger partial charge on any atom is 0.416 e. The van der Waals surface area contributed by atoms with Gasteiger partial charge in [-0.25, -0.2) is 0 Å². The number of rotatable bonds is 2. The number of carbonyl (C=O) groups excluding carboxylic acids is 2. The average Bonchev–Trinajstić information content (AvgIpc) is 3.58. The summed E-state index contributed by atoms with van der Waals surface area (Å²) in [7, 11) is 0. The molecule has 2 bridgehead atoms. The number of nitrogens with zero attached hydrogens (tertiary/aromatic N) is 1. The van der Waals surface area contributed by atoms with Crippen LogP contribution in [0, 0.1) is 29.6 Å². The molecule has 184 valence electrons. The Morgan fingerprint density at radius 3 is 2.36 bits per heavy atom. The van der Waals surface area contributed by atoms with Crippen LogP contribution in [0.3, 0.4) is 0 Å². The molecule has 7 rings (SSSR count). The number of fused-ring (bicyclic) bond motifs is 9. The van der Waals surface area contributed by atoms with Gasteiger partial charge in [0.1, 0.15) is 0 Å². The Hall–Kier alpha value is -2.85. The molecule has 7 atom stereocenters. The van der Waals surface area contributed by atoms with Crippen molar-refractivity contribution in [2.75, 3.05) is 4.90 Å². The highest BCUT2D eigenvalue weighted by Crippen LogP contribution is 2.68. The van der Waals surface area contributed by atoms with Crippen LogP contribution in [0.15, 0.2) is 64.4 Å². The molecule has 2 saturated carbocycles. The minimum absolute atomic E-state index is 0.0210. The predicted octanol–water partition coefficient (Wildman–Crippen LogP) is 5.13. The molecule has 1 N–H and O–H groups in total. The fourth-order valence-corrected chi connectivity index (χ4v) is 10.0. The Morgan fingerprint density at radius 2 is 1.64 bits per heavy atom. The number of benzene rings is 2. The number of halogens is 3. The fourth-order valence-electron chi connectivity index (χ4n) is 7.13. The van der Waals surface area contributed by atoms with Crippen LogP contribution in [0.2, 0.25) is 0 Å². The smallest absolute Gasteiger partial charge is 0.307 e. The first-order valence-corrected chi connectivity index (χ1v) is 13.4. The highest BCUT2D eigenvalue weighted by Gasteiger charge is 2.69. The largest absolute Gasteiger partial charge is 0.416 e. The van der Waals surface area contributed by atoms with Crippen LogP contribution in [0.25, 0.3) is 0 Å². The SMILES string of the molecule is O=C1C2C3CC(C2C(=O)N1c1cccc(C(F)(F)F)c1)C1C3Sc2[nH]c(=O)sc2[C@@H]1c1ccccc1. The van der Waals surface area contributed by atoms with E-state index in [4.69, 9.17) is 0 Å². The van der Waals surface area contributed by atoms with Crippen molar-refractivity contribution in [2.45, 2.75) is 28.8 Å². The van der Waals surface area contributed by atoms with Gasteiger partial charge in [-0.2, -0.15) is 13.2 Å². The van der Waals surface area contributed by atoms with Gasteiger partial charge in [-0.1, -0.05) is 47.7 Å². The van der Waals surface area contributed by atoms with Crippen molar-refractivity contribution in [2.24, 2.45) is 29.6 Å². The molecule has 3 fully saturated rings. The summed E-state index contributed by atoms with van der Waals surface area (Å²) in [5.74, 6) is -2.09. The van der Waals surface area contributed by atoms with Gasteiger partial charge in [0, 0.05) is 16.0 Å². The molecule has 36 heavy (non-hydrogen) atoms. The number of thioether (sulfide) groups is 1. The van der Waals surface area contributed by atoms with Crippen molar-refractivity contribution in [3.05, 3.63) is 80.3 Å². The average molecular weight is 529 g/mol. The highest BCUT2D eigenvalue weighted by molar-refractivity contribution is 8.00. The van der Waals surface area contributed by atoms with E-state index < -0.39 is 35.4 Å². The lowest BCUT2D eigenvalue weighted by Gasteiger charge is -2.43. The van der Waals surface area contributed by atoms with Crippen molar-refractivity contribution in [3.8, 4) is 0 Å². The predicted molar refractivity (Wildman–Crippen MR) is 129 cm³/mol. The molecule has 2 aliphatic carbocycles. The Kier molecular flexibility index (Phi) is 4.71. The molecule has 1 saturated heterocycles. The summed E-state index contributed by atoms with van der Waals surface area (Å²) >= 11 is 2.79. The number of amides is 2. The van der Waals surface area contributed by atoms with Crippen molar-refractivity contribution in [3.63, 3.8) is 0 Å². The van der Waals surface area contributed by atoms with Gasteiger partial charge in [-0.05, 0) is 47.9 Å². The zero-order chi connectivity index (χ0) is 24.9. The molecule has 5 nitrogen and oxygen atoms in total. The standard InChI is InChI=1S/C26H19F3N2O3S2/c27-26(28,29)12-7-4-8-13(9-12)31-23(32)18-14-10-15(19(18)24(31)33)20-17(14)16(11-5-2-1-3-6-11)21-22(35-20)30-25(34)36-21/h1-9,14-20H,10H2,(H,30,34)/t14?,15?,16-,17?,18?,19?,20?/m1/s1. The van der Waals surface area contributed by atoms with Crippen molar-refractivity contribution >= 4 is 40.6 Å². The molecule has 0 radical (unpaired) electrons. The van der Waals surface area contributed by atoms with E-state index in [0.717, 1.165) is 38.9 Å². The summed E-state index contributed by atoms with van der Waals surface area (Å²) in [6.45, 7) is 0. The lowest BCUT2D eigenvalue weighted by molar-refractivity contribution is -0.137.